The van der Waals surface area contributed by atoms with Gasteiger partial charge < -0.3 is 5.32 Å². The number of amides is 1. The first-order chi connectivity index (χ1) is 13.1. The summed E-state index contributed by atoms with van der Waals surface area (Å²) >= 11 is 5.79. The third-order valence-corrected chi connectivity index (χ3v) is 5.55. The van der Waals surface area contributed by atoms with Crippen LogP contribution in [-0.4, -0.2) is 26.7 Å². The smallest absolute Gasteiger partial charge is 0.325 e. The average Bonchev–Trinajstić information content (AvgIpc) is 2.87. The molecule has 0 fully saturated rings. The van der Waals surface area contributed by atoms with E-state index in [0.29, 0.717) is 5.56 Å². The molecule has 0 saturated heterocycles. The lowest BCUT2D eigenvalue weighted by molar-refractivity contribution is -0.137. The molecule has 1 amide bonds. The third kappa shape index (κ3) is 4.28. The first-order valence-corrected chi connectivity index (χ1v) is 9.77. The standard InChI is InChI=1S/C17H13ClF3N3O3S/c18-12-9-10(17(19,20)21)5-6-13(12)23-15(25)7-8-22-16-11-3-1-2-4-14(11)28(26,27)24-16/h1-6,9H,7-8H2,(H,22,24)(H,23,25). The van der Waals surface area contributed by atoms with Gasteiger partial charge >= 0.3 is 6.18 Å². The monoisotopic (exact) mass is 431 g/mol. The molecule has 0 saturated carbocycles. The van der Waals surface area contributed by atoms with Crippen molar-refractivity contribution in [3.63, 3.8) is 0 Å². The van der Waals surface area contributed by atoms with Gasteiger partial charge in [-0.3, -0.25) is 14.5 Å². The number of sulfonamides is 1. The lowest BCUT2D eigenvalue weighted by atomic mass is 10.2. The molecule has 3 rings (SSSR count). The SMILES string of the molecule is O=C(CCN=C1NS(=O)(=O)c2ccccc21)Nc1ccc(C(F)(F)F)cc1Cl. The van der Waals surface area contributed by atoms with Crippen LogP contribution in [0.25, 0.3) is 0 Å². The third-order valence-electron chi connectivity index (χ3n) is 3.84. The lowest BCUT2D eigenvalue weighted by Crippen LogP contribution is -2.23. The zero-order valence-corrected chi connectivity index (χ0v) is 15.6. The van der Waals surface area contributed by atoms with Crippen LogP contribution in [0.3, 0.4) is 0 Å². The summed E-state index contributed by atoms with van der Waals surface area (Å²) in [6.45, 7) is -0.0315. The number of fused-ring (bicyclic) bond motifs is 1. The maximum Gasteiger partial charge on any atom is 0.416 e. The number of nitrogens with zero attached hydrogens (tertiary/aromatic N) is 1. The van der Waals surface area contributed by atoms with Crippen molar-refractivity contribution in [2.75, 3.05) is 11.9 Å². The lowest BCUT2D eigenvalue weighted by Gasteiger charge is -2.10. The second-order valence-corrected chi connectivity index (χ2v) is 7.88. The molecular weight excluding hydrogens is 419 g/mol. The van der Waals surface area contributed by atoms with E-state index in [1.165, 1.54) is 6.07 Å². The zero-order chi connectivity index (χ0) is 20.5. The van der Waals surface area contributed by atoms with Crippen LogP contribution in [0.4, 0.5) is 18.9 Å². The van der Waals surface area contributed by atoms with E-state index in [0.717, 1.165) is 18.2 Å². The fourth-order valence-electron chi connectivity index (χ4n) is 2.53. The Labute approximate surface area is 163 Å². The predicted molar refractivity (Wildman–Crippen MR) is 97.9 cm³/mol. The maximum absolute atomic E-state index is 12.6. The Bertz CT molecular complexity index is 1070. The van der Waals surface area contributed by atoms with E-state index in [9.17, 15) is 26.4 Å². The number of hydrogen-bond acceptors (Lipinski definition) is 4. The van der Waals surface area contributed by atoms with E-state index in [1.807, 2.05) is 0 Å². The Morgan fingerprint density at radius 1 is 1.18 bits per heavy atom. The molecule has 1 aliphatic heterocycles. The number of rotatable bonds is 4. The van der Waals surface area contributed by atoms with Crippen molar-refractivity contribution in [3.8, 4) is 0 Å². The molecule has 2 N–H and O–H groups in total. The summed E-state index contributed by atoms with van der Waals surface area (Å²) < 4.78 is 64.1. The number of hydrogen-bond donors (Lipinski definition) is 2. The number of halogens is 4. The van der Waals surface area contributed by atoms with Crippen molar-refractivity contribution < 1.29 is 26.4 Å². The van der Waals surface area contributed by atoms with Gasteiger partial charge in [-0.25, -0.2) is 8.42 Å². The number of benzene rings is 2. The normalized spacial score (nSPS) is 16.5. The number of alkyl halides is 3. The Kier molecular flexibility index (Phi) is 5.35. The number of anilines is 1. The van der Waals surface area contributed by atoms with E-state index >= 15 is 0 Å². The topological polar surface area (TPSA) is 87.6 Å². The van der Waals surface area contributed by atoms with Crippen LogP contribution in [0.15, 0.2) is 52.4 Å². The van der Waals surface area contributed by atoms with E-state index in [2.05, 4.69) is 15.0 Å². The molecule has 0 aliphatic carbocycles. The summed E-state index contributed by atoms with van der Waals surface area (Å²) in [6.07, 6.45) is -4.65. The minimum atomic E-state index is -4.53. The van der Waals surface area contributed by atoms with Gasteiger partial charge in [-0.15, -0.1) is 0 Å². The summed E-state index contributed by atoms with van der Waals surface area (Å²) in [6, 6.07) is 8.88. The Hall–Kier alpha value is -2.59. The molecule has 0 spiro atoms. The van der Waals surface area contributed by atoms with E-state index in [4.69, 9.17) is 11.6 Å². The molecule has 28 heavy (non-hydrogen) atoms. The van der Waals surface area contributed by atoms with Gasteiger partial charge in [0.1, 0.15) is 5.84 Å². The number of carbonyl (C=O) groups excluding carboxylic acids is 1. The van der Waals surface area contributed by atoms with Crippen LogP contribution in [0, 0.1) is 0 Å². The van der Waals surface area contributed by atoms with Gasteiger partial charge in [0, 0.05) is 12.0 Å². The number of carbonyl (C=O) groups is 1. The summed E-state index contributed by atoms with van der Waals surface area (Å²) in [5.41, 5.74) is -0.470. The zero-order valence-electron chi connectivity index (χ0n) is 14.0. The molecule has 148 valence electrons. The van der Waals surface area contributed by atoms with Crippen LogP contribution in [0.1, 0.15) is 17.5 Å². The van der Waals surface area contributed by atoms with Gasteiger partial charge in [-0.05, 0) is 30.3 Å². The molecule has 0 aromatic heterocycles. The number of nitrogens with one attached hydrogen (secondary N) is 2. The number of aliphatic imine (C=N–C) groups is 1. The van der Waals surface area contributed by atoms with E-state index < -0.39 is 27.7 Å². The van der Waals surface area contributed by atoms with Crippen LogP contribution >= 0.6 is 11.6 Å². The molecule has 1 heterocycles. The molecule has 0 bridgehead atoms. The van der Waals surface area contributed by atoms with Gasteiger partial charge in [0.2, 0.25) is 5.91 Å². The Morgan fingerprint density at radius 3 is 2.57 bits per heavy atom. The van der Waals surface area contributed by atoms with Crippen molar-refractivity contribution in [2.45, 2.75) is 17.5 Å². The molecule has 2 aromatic rings. The summed E-state index contributed by atoms with van der Waals surface area (Å²) in [7, 11) is -3.67. The molecule has 0 atom stereocenters. The van der Waals surface area contributed by atoms with E-state index in [-0.39, 0.29) is 34.4 Å². The van der Waals surface area contributed by atoms with Crippen LogP contribution in [0.5, 0.6) is 0 Å². The largest absolute Gasteiger partial charge is 0.416 e. The highest BCUT2D eigenvalue weighted by atomic mass is 35.5. The first kappa shape index (κ1) is 20.2. The van der Waals surface area contributed by atoms with Crippen molar-refractivity contribution in [1.82, 2.24) is 4.72 Å². The highest BCUT2D eigenvalue weighted by Crippen LogP contribution is 2.33. The molecule has 1 aliphatic rings. The van der Waals surface area contributed by atoms with Crippen molar-refractivity contribution in [2.24, 2.45) is 4.99 Å². The van der Waals surface area contributed by atoms with Crippen LogP contribution in [0.2, 0.25) is 5.02 Å². The molecule has 2 aromatic carbocycles. The number of amidine groups is 1. The van der Waals surface area contributed by atoms with Crippen LogP contribution < -0.4 is 10.0 Å². The second kappa shape index (κ2) is 7.44. The summed E-state index contributed by atoms with van der Waals surface area (Å²) in [4.78, 5) is 16.2. The Balaban J connectivity index is 1.64. The van der Waals surface area contributed by atoms with Crippen molar-refractivity contribution in [3.05, 3.63) is 58.6 Å². The quantitative estimate of drug-likeness (QED) is 0.777. The van der Waals surface area contributed by atoms with Gasteiger partial charge in [0.05, 0.1) is 27.7 Å². The molecule has 11 heteroatoms. The predicted octanol–water partition coefficient (Wildman–Crippen LogP) is 3.43. The minimum absolute atomic E-state index is 0.0315. The van der Waals surface area contributed by atoms with Crippen molar-refractivity contribution in [1.29, 1.82) is 0 Å². The molecule has 0 radical (unpaired) electrons. The summed E-state index contributed by atoms with van der Waals surface area (Å²) in [5, 5.41) is 2.16. The molecule has 0 unspecified atom stereocenters. The highest BCUT2D eigenvalue weighted by molar-refractivity contribution is 7.90. The highest BCUT2D eigenvalue weighted by Gasteiger charge is 2.31. The van der Waals surface area contributed by atoms with Gasteiger partial charge in [0.25, 0.3) is 10.0 Å². The minimum Gasteiger partial charge on any atom is -0.325 e. The van der Waals surface area contributed by atoms with E-state index in [1.54, 1.807) is 18.2 Å². The summed E-state index contributed by atoms with van der Waals surface area (Å²) in [5.74, 6) is -0.392. The van der Waals surface area contributed by atoms with Gasteiger partial charge in [-0.2, -0.15) is 13.2 Å². The average molecular weight is 432 g/mol. The van der Waals surface area contributed by atoms with Gasteiger partial charge in [-0.1, -0.05) is 23.7 Å². The van der Waals surface area contributed by atoms with Crippen molar-refractivity contribution >= 4 is 39.1 Å². The molecule has 6 nitrogen and oxygen atoms in total. The fourth-order valence-corrected chi connectivity index (χ4v) is 4.00. The molecular formula is C17H13ClF3N3O3S. The maximum atomic E-state index is 12.6. The first-order valence-electron chi connectivity index (χ1n) is 7.91. The second-order valence-electron chi connectivity index (χ2n) is 5.82. The van der Waals surface area contributed by atoms with Gasteiger partial charge in [0.15, 0.2) is 0 Å². The fraction of sp³-hybridized carbons (Fsp3) is 0.176. The Morgan fingerprint density at radius 2 is 1.89 bits per heavy atom. The van der Waals surface area contributed by atoms with Crippen LogP contribution in [-0.2, 0) is 21.0 Å².